The lowest BCUT2D eigenvalue weighted by atomic mass is 10.1. The summed E-state index contributed by atoms with van der Waals surface area (Å²) in [6, 6.07) is 5.42. The Hall–Kier alpha value is -1.72. The molecule has 2 rings (SSSR count). The third kappa shape index (κ3) is 3.05. The van der Waals surface area contributed by atoms with Crippen LogP contribution in [-0.4, -0.2) is 19.6 Å². The molecule has 1 heterocycles. The Morgan fingerprint density at radius 3 is 2.80 bits per heavy atom. The summed E-state index contributed by atoms with van der Waals surface area (Å²) in [5, 5.41) is 3.78. The van der Waals surface area contributed by atoms with E-state index < -0.39 is 0 Å². The Morgan fingerprint density at radius 2 is 2.20 bits per heavy atom. The minimum Gasteiger partial charge on any atom is -0.497 e. The van der Waals surface area contributed by atoms with Crippen LogP contribution in [0, 0.1) is 6.92 Å². The van der Waals surface area contributed by atoms with Gasteiger partial charge in [-0.15, -0.1) is 12.4 Å². The van der Waals surface area contributed by atoms with Gasteiger partial charge in [0.05, 0.1) is 19.7 Å². The minimum absolute atomic E-state index is 0. The first-order valence-electron chi connectivity index (χ1n) is 6.13. The fourth-order valence-corrected chi connectivity index (χ4v) is 2.12. The van der Waals surface area contributed by atoms with Gasteiger partial charge in [-0.25, -0.2) is 0 Å². The smallest absolute Gasteiger partial charge is 0.234 e. The third-order valence-electron chi connectivity index (χ3n) is 3.14. The Kier molecular flexibility index (Phi) is 5.42. The van der Waals surface area contributed by atoms with Gasteiger partial charge in [0.2, 0.25) is 5.91 Å². The molecule has 0 spiro atoms. The largest absolute Gasteiger partial charge is 0.497 e. The van der Waals surface area contributed by atoms with Crippen LogP contribution in [0.1, 0.15) is 24.3 Å². The first-order valence-corrected chi connectivity index (χ1v) is 6.13. The number of hydrogen-bond donors (Lipinski definition) is 2. The molecule has 1 amide bonds. The zero-order chi connectivity index (χ0) is 14.0. The summed E-state index contributed by atoms with van der Waals surface area (Å²) in [5.41, 5.74) is 7.07. The maximum absolute atomic E-state index is 11.3. The second-order valence-corrected chi connectivity index (χ2v) is 4.45. The Bertz CT molecular complexity index is 610. The summed E-state index contributed by atoms with van der Waals surface area (Å²) < 4.78 is 11.0. The minimum atomic E-state index is -0.213. The molecule has 20 heavy (non-hydrogen) atoms. The van der Waals surface area contributed by atoms with Crippen LogP contribution in [0.15, 0.2) is 22.6 Å². The monoisotopic (exact) mass is 298 g/mol. The predicted molar refractivity (Wildman–Crippen MR) is 80.4 cm³/mol. The molecule has 0 saturated carbocycles. The van der Waals surface area contributed by atoms with Gasteiger partial charge in [-0.2, -0.15) is 0 Å². The van der Waals surface area contributed by atoms with Crippen molar-refractivity contribution in [3.8, 4) is 5.75 Å². The summed E-state index contributed by atoms with van der Waals surface area (Å²) in [5.74, 6) is 1.32. The highest BCUT2D eigenvalue weighted by molar-refractivity contribution is 5.85. The van der Waals surface area contributed by atoms with E-state index in [1.165, 1.54) is 0 Å². The van der Waals surface area contributed by atoms with E-state index in [1.807, 2.05) is 32.0 Å². The van der Waals surface area contributed by atoms with Crippen LogP contribution >= 0.6 is 12.4 Å². The molecule has 1 aromatic heterocycles. The van der Waals surface area contributed by atoms with E-state index in [2.05, 4.69) is 5.32 Å². The average Bonchev–Trinajstić information content (AvgIpc) is 2.75. The zero-order valence-corrected chi connectivity index (χ0v) is 12.5. The number of rotatable bonds is 4. The summed E-state index contributed by atoms with van der Waals surface area (Å²) in [7, 11) is 1.63. The van der Waals surface area contributed by atoms with Crippen LogP contribution in [0.4, 0.5) is 0 Å². The number of halogens is 1. The number of benzene rings is 1. The average molecular weight is 299 g/mol. The van der Waals surface area contributed by atoms with Crippen molar-refractivity contribution in [2.75, 3.05) is 13.7 Å². The van der Waals surface area contributed by atoms with Gasteiger partial charge >= 0.3 is 0 Å². The number of carbonyl (C=O) groups excluding carboxylic acids is 1. The fourth-order valence-electron chi connectivity index (χ4n) is 2.12. The second-order valence-electron chi connectivity index (χ2n) is 4.45. The number of amides is 1. The van der Waals surface area contributed by atoms with Gasteiger partial charge in [0.15, 0.2) is 0 Å². The number of nitrogens with two attached hydrogens (primary N) is 1. The molecule has 5 nitrogen and oxygen atoms in total. The SMILES string of the molecule is COc1ccc2oc(C(C)NC(=O)CN)c(C)c2c1.Cl. The number of fused-ring (bicyclic) bond motifs is 1. The first-order chi connectivity index (χ1) is 9.06. The first kappa shape index (κ1) is 16.3. The van der Waals surface area contributed by atoms with Gasteiger partial charge in [0.1, 0.15) is 17.1 Å². The van der Waals surface area contributed by atoms with Crippen molar-refractivity contribution in [3.63, 3.8) is 0 Å². The molecular formula is C14H19ClN2O3. The maximum atomic E-state index is 11.3. The number of furan rings is 1. The molecular weight excluding hydrogens is 280 g/mol. The van der Waals surface area contributed by atoms with Crippen LogP contribution in [0.2, 0.25) is 0 Å². The van der Waals surface area contributed by atoms with Crippen LogP contribution in [0.3, 0.4) is 0 Å². The number of nitrogens with one attached hydrogen (secondary N) is 1. The molecule has 0 fully saturated rings. The molecule has 0 saturated heterocycles. The normalized spacial score (nSPS) is 11.8. The number of methoxy groups -OCH3 is 1. The van der Waals surface area contributed by atoms with Gasteiger partial charge in [0.25, 0.3) is 0 Å². The third-order valence-corrected chi connectivity index (χ3v) is 3.14. The molecule has 1 aromatic carbocycles. The quantitative estimate of drug-likeness (QED) is 0.908. The Balaban J connectivity index is 0.00000200. The number of aryl methyl sites for hydroxylation is 1. The maximum Gasteiger partial charge on any atom is 0.234 e. The lowest BCUT2D eigenvalue weighted by Gasteiger charge is -2.11. The molecule has 2 aromatic rings. The van der Waals surface area contributed by atoms with E-state index in [0.717, 1.165) is 28.0 Å². The van der Waals surface area contributed by atoms with E-state index in [-0.39, 0.29) is 30.9 Å². The molecule has 0 aliphatic rings. The summed E-state index contributed by atoms with van der Waals surface area (Å²) in [4.78, 5) is 11.3. The summed E-state index contributed by atoms with van der Waals surface area (Å²) in [6.45, 7) is 3.80. The molecule has 110 valence electrons. The predicted octanol–water partition coefficient (Wildman–Crippen LogP) is 2.31. The molecule has 0 aliphatic heterocycles. The van der Waals surface area contributed by atoms with E-state index in [9.17, 15) is 4.79 Å². The number of hydrogen-bond acceptors (Lipinski definition) is 4. The highest BCUT2D eigenvalue weighted by Gasteiger charge is 2.18. The lowest BCUT2D eigenvalue weighted by molar-refractivity contribution is -0.120. The van der Waals surface area contributed by atoms with Crippen molar-refractivity contribution in [1.29, 1.82) is 0 Å². The van der Waals surface area contributed by atoms with E-state index in [4.69, 9.17) is 14.9 Å². The zero-order valence-electron chi connectivity index (χ0n) is 11.7. The van der Waals surface area contributed by atoms with Crippen LogP contribution in [0.25, 0.3) is 11.0 Å². The molecule has 1 atom stereocenters. The van der Waals surface area contributed by atoms with Gasteiger partial charge < -0.3 is 20.2 Å². The van der Waals surface area contributed by atoms with Crippen LogP contribution < -0.4 is 15.8 Å². The molecule has 0 bridgehead atoms. The van der Waals surface area contributed by atoms with Gasteiger partial charge in [0, 0.05) is 10.9 Å². The topological polar surface area (TPSA) is 77.5 Å². The Labute approximate surface area is 123 Å². The van der Waals surface area contributed by atoms with Crippen LogP contribution in [0.5, 0.6) is 5.75 Å². The highest BCUT2D eigenvalue weighted by Crippen LogP contribution is 2.31. The number of carbonyl (C=O) groups is 1. The van der Waals surface area contributed by atoms with Gasteiger partial charge in [-0.3, -0.25) is 4.79 Å². The second kappa shape index (κ2) is 6.63. The van der Waals surface area contributed by atoms with Gasteiger partial charge in [-0.05, 0) is 32.0 Å². The van der Waals surface area contributed by atoms with Crippen LogP contribution in [-0.2, 0) is 4.79 Å². The highest BCUT2D eigenvalue weighted by atomic mass is 35.5. The van der Waals surface area contributed by atoms with Crippen molar-refractivity contribution in [2.24, 2.45) is 5.73 Å². The van der Waals surface area contributed by atoms with Crippen molar-refractivity contribution in [3.05, 3.63) is 29.5 Å². The standard InChI is InChI=1S/C14H18N2O3.ClH/c1-8-11-6-10(18-3)4-5-12(11)19-14(8)9(2)16-13(17)7-15;/h4-6,9H,7,15H2,1-3H3,(H,16,17);1H. The summed E-state index contributed by atoms with van der Waals surface area (Å²) in [6.07, 6.45) is 0. The summed E-state index contributed by atoms with van der Waals surface area (Å²) >= 11 is 0. The van der Waals surface area contributed by atoms with E-state index >= 15 is 0 Å². The molecule has 0 aliphatic carbocycles. The lowest BCUT2D eigenvalue weighted by Crippen LogP contribution is -2.32. The fraction of sp³-hybridized carbons (Fsp3) is 0.357. The van der Waals surface area contributed by atoms with Crippen molar-refractivity contribution >= 4 is 29.3 Å². The Morgan fingerprint density at radius 1 is 1.50 bits per heavy atom. The van der Waals surface area contributed by atoms with Gasteiger partial charge in [-0.1, -0.05) is 0 Å². The molecule has 1 unspecified atom stereocenters. The van der Waals surface area contributed by atoms with E-state index in [0.29, 0.717) is 0 Å². The van der Waals surface area contributed by atoms with Crippen molar-refractivity contribution in [2.45, 2.75) is 19.9 Å². The number of ether oxygens (including phenoxy) is 1. The van der Waals surface area contributed by atoms with Crippen molar-refractivity contribution in [1.82, 2.24) is 5.32 Å². The molecule has 3 N–H and O–H groups in total. The van der Waals surface area contributed by atoms with Crippen molar-refractivity contribution < 1.29 is 13.9 Å². The van der Waals surface area contributed by atoms with E-state index in [1.54, 1.807) is 7.11 Å². The molecule has 0 radical (unpaired) electrons. The molecule has 6 heteroatoms.